The van der Waals surface area contributed by atoms with Gasteiger partial charge in [0, 0.05) is 50.8 Å². The number of nitrogens with zero attached hydrogens (tertiary/aromatic N) is 2. The minimum Gasteiger partial charge on any atom is -0.381 e. The van der Waals surface area contributed by atoms with E-state index in [0.29, 0.717) is 19.7 Å². The Labute approximate surface area is 142 Å². The lowest BCUT2D eigenvalue weighted by Crippen LogP contribution is -2.38. The Morgan fingerprint density at radius 1 is 1.25 bits per heavy atom. The van der Waals surface area contributed by atoms with Crippen LogP contribution >= 0.6 is 0 Å². The Morgan fingerprint density at radius 2 is 2.00 bits per heavy atom. The Bertz CT molecular complexity index is 574. The van der Waals surface area contributed by atoms with E-state index < -0.39 is 0 Å². The molecule has 2 heterocycles. The zero-order chi connectivity index (χ0) is 16.9. The van der Waals surface area contributed by atoms with E-state index in [2.05, 4.69) is 10.3 Å². The molecular formula is C18H25N3O3. The Balaban J connectivity index is 1.61. The van der Waals surface area contributed by atoms with Crippen LogP contribution in [0.1, 0.15) is 31.2 Å². The summed E-state index contributed by atoms with van der Waals surface area (Å²) in [4.78, 5) is 29.3. The van der Waals surface area contributed by atoms with E-state index in [0.717, 1.165) is 12.5 Å². The fourth-order valence-electron chi connectivity index (χ4n) is 3.21. The van der Waals surface area contributed by atoms with Crippen LogP contribution in [0.15, 0.2) is 24.5 Å². The molecule has 24 heavy (non-hydrogen) atoms. The van der Waals surface area contributed by atoms with Crippen LogP contribution in [0.3, 0.4) is 0 Å². The fraction of sp³-hybridized carbons (Fsp3) is 0.611. The average Bonchev–Trinajstić information content (AvgIpc) is 3.31. The summed E-state index contributed by atoms with van der Waals surface area (Å²) >= 11 is 0. The maximum atomic E-state index is 12.3. The van der Waals surface area contributed by atoms with E-state index >= 15 is 0 Å². The van der Waals surface area contributed by atoms with Gasteiger partial charge in [0.2, 0.25) is 11.8 Å². The van der Waals surface area contributed by atoms with Gasteiger partial charge in [-0.25, -0.2) is 0 Å². The predicted octanol–water partition coefficient (Wildman–Crippen LogP) is 1.19. The van der Waals surface area contributed by atoms with Gasteiger partial charge in [-0.3, -0.25) is 14.6 Å². The van der Waals surface area contributed by atoms with Crippen molar-refractivity contribution in [2.24, 2.45) is 11.8 Å². The van der Waals surface area contributed by atoms with Crippen LogP contribution < -0.4 is 5.32 Å². The largest absolute Gasteiger partial charge is 0.381 e. The van der Waals surface area contributed by atoms with E-state index in [9.17, 15) is 9.59 Å². The van der Waals surface area contributed by atoms with Gasteiger partial charge in [-0.2, -0.15) is 0 Å². The van der Waals surface area contributed by atoms with E-state index in [4.69, 9.17) is 4.74 Å². The summed E-state index contributed by atoms with van der Waals surface area (Å²) in [5.41, 5.74) is 1.19. The molecule has 2 aliphatic rings. The molecule has 130 valence electrons. The molecule has 2 amide bonds. The van der Waals surface area contributed by atoms with Gasteiger partial charge in [-0.1, -0.05) is 0 Å². The highest BCUT2D eigenvalue weighted by Crippen LogP contribution is 2.34. The first-order chi connectivity index (χ1) is 11.6. The van der Waals surface area contributed by atoms with Gasteiger partial charge >= 0.3 is 0 Å². The summed E-state index contributed by atoms with van der Waals surface area (Å²) in [7, 11) is 0. The Morgan fingerprint density at radius 3 is 2.67 bits per heavy atom. The lowest BCUT2D eigenvalue weighted by molar-refractivity contribution is -0.131. The molecule has 0 radical (unpaired) electrons. The van der Waals surface area contributed by atoms with Crippen molar-refractivity contribution >= 4 is 11.8 Å². The minimum absolute atomic E-state index is 0.0334. The molecule has 3 rings (SSSR count). The van der Waals surface area contributed by atoms with Gasteiger partial charge in [-0.05, 0) is 36.5 Å². The number of amides is 2. The number of ether oxygens (including phenoxy) is 1. The maximum Gasteiger partial charge on any atom is 0.241 e. The lowest BCUT2D eigenvalue weighted by atomic mass is 9.90. The second-order valence-electron chi connectivity index (χ2n) is 6.84. The van der Waals surface area contributed by atoms with Crippen molar-refractivity contribution in [3.63, 3.8) is 0 Å². The Kier molecular flexibility index (Phi) is 5.45. The highest BCUT2D eigenvalue weighted by Gasteiger charge is 2.36. The number of nitrogens with one attached hydrogen (secondary N) is 1. The smallest absolute Gasteiger partial charge is 0.241 e. The zero-order valence-corrected chi connectivity index (χ0v) is 14.1. The third kappa shape index (κ3) is 4.54. The topological polar surface area (TPSA) is 71.5 Å². The van der Waals surface area contributed by atoms with Gasteiger partial charge in [0.15, 0.2) is 0 Å². The van der Waals surface area contributed by atoms with Crippen LogP contribution in [-0.4, -0.2) is 54.5 Å². The van der Waals surface area contributed by atoms with Crippen LogP contribution in [0.25, 0.3) is 0 Å². The molecule has 1 aliphatic heterocycles. The average molecular weight is 331 g/mol. The number of carbonyl (C=O) groups excluding carboxylic acids is 2. The van der Waals surface area contributed by atoms with Crippen LogP contribution in [0.5, 0.6) is 0 Å². The number of likely N-dealkylation sites (tertiary alicyclic amines) is 1. The number of hydrogen-bond acceptors (Lipinski definition) is 4. The summed E-state index contributed by atoms with van der Waals surface area (Å²) in [6.45, 7) is 4.34. The standard InChI is InChI=1S/C18H25N3O3/c1-13(22)20-8-18(23)21-9-16(12-24-11-14-2-3-14)17(10-21)15-4-6-19-7-5-15/h4-7,14,16-17H,2-3,8-12H2,1H3,(H,20,22)/t16-,17-/m0/s1. The molecule has 0 unspecified atom stereocenters. The first-order valence-corrected chi connectivity index (χ1v) is 8.63. The second kappa shape index (κ2) is 7.75. The molecule has 6 nitrogen and oxygen atoms in total. The third-order valence-corrected chi connectivity index (χ3v) is 4.80. The van der Waals surface area contributed by atoms with E-state index in [1.165, 1.54) is 25.3 Å². The van der Waals surface area contributed by atoms with Crippen molar-refractivity contribution in [2.75, 3.05) is 32.8 Å². The normalized spacial score (nSPS) is 23.3. The monoisotopic (exact) mass is 331 g/mol. The molecule has 1 aromatic heterocycles. The minimum atomic E-state index is -0.183. The SMILES string of the molecule is CC(=O)NCC(=O)N1C[C@@H](COCC2CC2)[C@H](c2ccncc2)C1. The molecule has 0 aromatic carbocycles. The highest BCUT2D eigenvalue weighted by molar-refractivity contribution is 5.84. The van der Waals surface area contributed by atoms with Crippen LogP contribution in [0, 0.1) is 11.8 Å². The molecule has 2 fully saturated rings. The first kappa shape index (κ1) is 16.9. The molecule has 1 N–H and O–H groups in total. The van der Waals surface area contributed by atoms with Crippen molar-refractivity contribution < 1.29 is 14.3 Å². The summed E-state index contributed by atoms with van der Waals surface area (Å²) in [5, 5.41) is 2.59. The van der Waals surface area contributed by atoms with Gasteiger partial charge in [-0.15, -0.1) is 0 Å². The van der Waals surface area contributed by atoms with Gasteiger partial charge in [0.1, 0.15) is 0 Å². The molecule has 1 saturated carbocycles. The predicted molar refractivity (Wildman–Crippen MR) is 89.3 cm³/mol. The number of rotatable bonds is 7. The highest BCUT2D eigenvalue weighted by atomic mass is 16.5. The first-order valence-electron chi connectivity index (χ1n) is 8.63. The molecular weight excluding hydrogens is 306 g/mol. The number of hydrogen-bond donors (Lipinski definition) is 1. The van der Waals surface area contributed by atoms with Crippen molar-refractivity contribution in [3.8, 4) is 0 Å². The number of carbonyl (C=O) groups is 2. The molecule has 6 heteroatoms. The molecule has 2 atom stereocenters. The summed E-state index contributed by atoms with van der Waals surface area (Å²) in [5.74, 6) is 1.07. The van der Waals surface area contributed by atoms with Crippen molar-refractivity contribution in [1.82, 2.24) is 15.2 Å². The van der Waals surface area contributed by atoms with Crippen LogP contribution in [-0.2, 0) is 14.3 Å². The van der Waals surface area contributed by atoms with Crippen LogP contribution in [0.2, 0.25) is 0 Å². The zero-order valence-electron chi connectivity index (χ0n) is 14.1. The molecule has 0 spiro atoms. The van der Waals surface area contributed by atoms with E-state index in [1.807, 2.05) is 17.0 Å². The summed E-state index contributed by atoms with van der Waals surface area (Å²) in [6, 6.07) is 4.03. The lowest BCUT2D eigenvalue weighted by Gasteiger charge is -2.18. The molecule has 1 aliphatic carbocycles. The maximum absolute atomic E-state index is 12.3. The van der Waals surface area contributed by atoms with Crippen molar-refractivity contribution in [3.05, 3.63) is 30.1 Å². The second-order valence-corrected chi connectivity index (χ2v) is 6.84. The van der Waals surface area contributed by atoms with Gasteiger partial charge in [0.25, 0.3) is 0 Å². The van der Waals surface area contributed by atoms with E-state index in [-0.39, 0.29) is 30.2 Å². The summed E-state index contributed by atoms with van der Waals surface area (Å²) in [6.07, 6.45) is 6.14. The fourth-order valence-corrected chi connectivity index (χ4v) is 3.21. The van der Waals surface area contributed by atoms with Crippen LogP contribution in [0.4, 0.5) is 0 Å². The molecule has 1 aromatic rings. The van der Waals surface area contributed by atoms with Gasteiger partial charge < -0.3 is 15.0 Å². The van der Waals surface area contributed by atoms with Gasteiger partial charge in [0.05, 0.1) is 13.2 Å². The third-order valence-electron chi connectivity index (χ3n) is 4.80. The quantitative estimate of drug-likeness (QED) is 0.814. The number of pyridine rings is 1. The number of aromatic nitrogens is 1. The molecule has 1 saturated heterocycles. The van der Waals surface area contributed by atoms with Crippen molar-refractivity contribution in [2.45, 2.75) is 25.7 Å². The molecule has 0 bridgehead atoms. The Hall–Kier alpha value is -1.95. The van der Waals surface area contributed by atoms with E-state index in [1.54, 1.807) is 12.4 Å². The van der Waals surface area contributed by atoms with Crippen molar-refractivity contribution in [1.29, 1.82) is 0 Å². The summed E-state index contributed by atoms with van der Waals surface area (Å²) < 4.78 is 5.90.